The zero-order chi connectivity index (χ0) is 10.4. The minimum Gasteiger partial charge on any atom is -0.288 e. The van der Waals surface area contributed by atoms with E-state index in [1.54, 1.807) is 13.1 Å². The molecule has 72 valence electrons. The van der Waals surface area contributed by atoms with Gasteiger partial charge >= 0.3 is 0 Å². The van der Waals surface area contributed by atoms with Crippen LogP contribution < -0.4 is 0 Å². The van der Waals surface area contributed by atoms with Crippen molar-refractivity contribution in [2.45, 2.75) is 13.8 Å². The molecule has 0 fully saturated rings. The Morgan fingerprint density at radius 1 is 1.64 bits per heavy atom. The molecule has 0 aliphatic heterocycles. The van der Waals surface area contributed by atoms with Crippen LogP contribution in [0.15, 0.2) is 18.3 Å². The molecule has 3 heteroatoms. The Labute approximate surface area is 88.1 Å². The fraction of sp³-hybridized carbons (Fsp3) is 0.273. The molecule has 1 aromatic rings. The van der Waals surface area contributed by atoms with Gasteiger partial charge in [-0.1, -0.05) is 23.7 Å². The lowest BCUT2D eigenvalue weighted by atomic mass is 10.2. The Hall–Kier alpha value is -1.27. The Kier molecular flexibility index (Phi) is 4.21. The van der Waals surface area contributed by atoms with Gasteiger partial charge in [0.05, 0.1) is 5.75 Å². The molecule has 0 spiro atoms. The number of hydrogen-bond acceptors (Lipinski definition) is 3. The fourth-order valence-electron chi connectivity index (χ4n) is 0.874. The number of aryl methyl sites for hydroxylation is 1. The van der Waals surface area contributed by atoms with E-state index in [4.69, 9.17) is 0 Å². The van der Waals surface area contributed by atoms with E-state index in [-0.39, 0.29) is 5.12 Å². The first-order valence-corrected chi connectivity index (χ1v) is 5.22. The highest BCUT2D eigenvalue weighted by atomic mass is 32.2. The number of aromatic nitrogens is 1. The minimum absolute atomic E-state index is 0.0945. The lowest BCUT2D eigenvalue weighted by molar-refractivity contribution is -0.109. The summed E-state index contributed by atoms with van der Waals surface area (Å²) in [6.07, 6.45) is 1.72. The molecule has 2 nitrogen and oxygen atoms in total. The molecule has 0 aliphatic rings. The first-order valence-electron chi connectivity index (χ1n) is 4.24. The SMILES string of the molecule is CC(=O)SCC#Cc1ncccc1C. The molecule has 14 heavy (non-hydrogen) atoms. The van der Waals surface area contributed by atoms with E-state index in [0.717, 1.165) is 11.3 Å². The van der Waals surface area contributed by atoms with Crippen LogP contribution in [0.5, 0.6) is 0 Å². The van der Waals surface area contributed by atoms with Crippen molar-refractivity contribution in [1.82, 2.24) is 4.98 Å². The van der Waals surface area contributed by atoms with Crippen LogP contribution in [0.25, 0.3) is 0 Å². The summed E-state index contributed by atoms with van der Waals surface area (Å²) in [5, 5.41) is 0.0945. The molecule has 0 aliphatic carbocycles. The van der Waals surface area contributed by atoms with Crippen molar-refractivity contribution >= 4 is 16.9 Å². The van der Waals surface area contributed by atoms with E-state index < -0.39 is 0 Å². The van der Waals surface area contributed by atoms with Gasteiger partial charge in [0, 0.05) is 13.1 Å². The summed E-state index contributed by atoms with van der Waals surface area (Å²) >= 11 is 1.22. The average Bonchev–Trinajstić information content (AvgIpc) is 2.15. The number of thioether (sulfide) groups is 1. The second-order valence-corrected chi connectivity index (χ2v) is 3.90. The predicted molar refractivity (Wildman–Crippen MR) is 59.0 cm³/mol. The number of hydrogen-bond donors (Lipinski definition) is 0. The topological polar surface area (TPSA) is 30.0 Å². The lowest BCUT2D eigenvalue weighted by Crippen LogP contribution is -1.87. The first-order chi connectivity index (χ1) is 6.70. The second-order valence-electron chi connectivity index (χ2n) is 2.75. The Morgan fingerprint density at radius 3 is 3.07 bits per heavy atom. The minimum atomic E-state index is 0.0945. The van der Waals surface area contributed by atoms with Gasteiger partial charge in [-0.15, -0.1) is 0 Å². The van der Waals surface area contributed by atoms with Crippen LogP contribution in [-0.2, 0) is 4.79 Å². The molecular weight excluding hydrogens is 194 g/mol. The average molecular weight is 205 g/mol. The number of nitrogens with zero attached hydrogens (tertiary/aromatic N) is 1. The first kappa shape index (κ1) is 10.8. The van der Waals surface area contributed by atoms with Crippen molar-refractivity contribution in [2.24, 2.45) is 0 Å². The molecule has 1 heterocycles. The summed E-state index contributed by atoms with van der Waals surface area (Å²) in [5.41, 5.74) is 1.85. The van der Waals surface area contributed by atoms with Gasteiger partial charge in [0.15, 0.2) is 5.12 Å². The zero-order valence-corrected chi connectivity index (χ0v) is 9.02. The van der Waals surface area contributed by atoms with Crippen LogP contribution in [0.4, 0.5) is 0 Å². The largest absolute Gasteiger partial charge is 0.288 e. The molecule has 0 atom stereocenters. The Bertz CT molecular complexity index is 390. The highest BCUT2D eigenvalue weighted by Gasteiger charge is 1.92. The molecular formula is C11H11NOS. The van der Waals surface area contributed by atoms with Gasteiger partial charge in [-0.3, -0.25) is 4.79 Å². The van der Waals surface area contributed by atoms with E-state index in [9.17, 15) is 4.79 Å². The summed E-state index contributed by atoms with van der Waals surface area (Å²) < 4.78 is 0. The van der Waals surface area contributed by atoms with Crippen LogP contribution in [0, 0.1) is 18.8 Å². The van der Waals surface area contributed by atoms with Gasteiger partial charge in [0.25, 0.3) is 0 Å². The summed E-state index contributed by atoms with van der Waals surface area (Å²) in [6.45, 7) is 3.51. The van der Waals surface area contributed by atoms with Gasteiger partial charge in [0.1, 0.15) is 5.69 Å². The Balaban J connectivity index is 2.59. The summed E-state index contributed by atoms with van der Waals surface area (Å²) in [6, 6.07) is 3.85. The molecule has 0 aromatic carbocycles. The molecule has 0 saturated carbocycles. The van der Waals surface area contributed by atoms with Gasteiger partial charge in [-0.2, -0.15) is 0 Å². The van der Waals surface area contributed by atoms with Crippen molar-refractivity contribution in [2.75, 3.05) is 5.75 Å². The van der Waals surface area contributed by atoms with Crippen LogP contribution in [-0.4, -0.2) is 15.9 Å². The maximum Gasteiger partial charge on any atom is 0.186 e. The van der Waals surface area contributed by atoms with E-state index >= 15 is 0 Å². The quantitative estimate of drug-likeness (QED) is 0.657. The van der Waals surface area contributed by atoms with Crippen molar-refractivity contribution in [1.29, 1.82) is 0 Å². The van der Waals surface area contributed by atoms with Crippen molar-refractivity contribution in [3.05, 3.63) is 29.6 Å². The van der Waals surface area contributed by atoms with Gasteiger partial charge in [0.2, 0.25) is 0 Å². The molecule has 0 unspecified atom stereocenters. The van der Waals surface area contributed by atoms with E-state index in [1.165, 1.54) is 11.8 Å². The standard InChI is InChI=1S/C11H11NOS/c1-9-5-3-7-12-11(9)6-4-8-14-10(2)13/h3,5,7H,8H2,1-2H3. The number of carbonyl (C=O) groups excluding carboxylic acids is 1. The maximum atomic E-state index is 10.6. The molecule has 1 aromatic heterocycles. The van der Waals surface area contributed by atoms with E-state index in [0.29, 0.717) is 5.75 Å². The molecule has 1 rings (SSSR count). The van der Waals surface area contributed by atoms with Crippen LogP contribution in [0.3, 0.4) is 0 Å². The zero-order valence-electron chi connectivity index (χ0n) is 8.20. The normalized spacial score (nSPS) is 9.00. The second kappa shape index (κ2) is 5.46. The number of carbonyl (C=O) groups is 1. The smallest absolute Gasteiger partial charge is 0.186 e. The van der Waals surface area contributed by atoms with Gasteiger partial charge in [-0.25, -0.2) is 4.98 Å². The lowest BCUT2D eigenvalue weighted by Gasteiger charge is -1.93. The number of rotatable bonds is 1. The maximum absolute atomic E-state index is 10.6. The predicted octanol–water partition coefficient (Wildman–Crippen LogP) is 2.02. The summed E-state index contributed by atoms with van der Waals surface area (Å²) in [7, 11) is 0. The molecule has 0 N–H and O–H groups in total. The van der Waals surface area contributed by atoms with Crippen LogP contribution in [0.2, 0.25) is 0 Å². The summed E-state index contributed by atoms with van der Waals surface area (Å²) in [5.74, 6) is 6.37. The van der Waals surface area contributed by atoms with E-state index in [2.05, 4.69) is 16.8 Å². The third-order valence-electron chi connectivity index (χ3n) is 1.56. The van der Waals surface area contributed by atoms with E-state index in [1.807, 2.05) is 19.1 Å². The molecule has 0 amide bonds. The molecule has 0 saturated heterocycles. The highest BCUT2D eigenvalue weighted by Crippen LogP contribution is 2.02. The van der Waals surface area contributed by atoms with Crippen molar-refractivity contribution in [3.63, 3.8) is 0 Å². The third kappa shape index (κ3) is 3.63. The van der Waals surface area contributed by atoms with Crippen LogP contribution in [0.1, 0.15) is 18.2 Å². The highest BCUT2D eigenvalue weighted by molar-refractivity contribution is 8.13. The monoisotopic (exact) mass is 205 g/mol. The van der Waals surface area contributed by atoms with Crippen LogP contribution >= 0.6 is 11.8 Å². The molecule has 0 bridgehead atoms. The van der Waals surface area contributed by atoms with Gasteiger partial charge < -0.3 is 0 Å². The third-order valence-corrected chi connectivity index (χ3v) is 2.26. The van der Waals surface area contributed by atoms with Crippen molar-refractivity contribution < 1.29 is 4.79 Å². The number of pyridine rings is 1. The fourth-order valence-corrected chi connectivity index (χ4v) is 1.22. The summed E-state index contributed by atoms with van der Waals surface area (Å²) in [4.78, 5) is 14.7. The van der Waals surface area contributed by atoms with Crippen molar-refractivity contribution in [3.8, 4) is 11.8 Å². The Morgan fingerprint density at radius 2 is 2.43 bits per heavy atom. The molecule has 0 radical (unpaired) electrons. The van der Waals surface area contributed by atoms with Gasteiger partial charge in [-0.05, 0) is 24.5 Å².